The molecule has 64 valence electrons. The number of aromatic nitrogens is 3. The van der Waals surface area contributed by atoms with Crippen molar-refractivity contribution in [3.05, 3.63) is 5.82 Å². The summed E-state index contributed by atoms with van der Waals surface area (Å²) in [6.45, 7) is 1.67. The van der Waals surface area contributed by atoms with Gasteiger partial charge in [0.05, 0.1) is 0 Å². The Morgan fingerprint density at radius 3 is 3.17 bits per heavy atom. The van der Waals surface area contributed by atoms with Gasteiger partial charge < -0.3 is 11.1 Å². The van der Waals surface area contributed by atoms with E-state index < -0.39 is 5.91 Å². The Bertz CT molecular complexity index is 294. The third kappa shape index (κ3) is 1.01. The SMILES string of the molecule is NC(=O)c1nc2n(n1)CCCN2. The number of nitrogens with zero attached hydrogens (tertiary/aromatic N) is 3. The summed E-state index contributed by atoms with van der Waals surface area (Å²) in [5.74, 6) is 0.133. The first-order valence-electron chi connectivity index (χ1n) is 3.76. The van der Waals surface area contributed by atoms with Gasteiger partial charge in [-0.25, -0.2) is 4.68 Å². The minimum absolute atomic E-state index is 0.0828. The molecular weight excluding hydrogens is 158 g/mol. The maximum Gasteiger partial charge on any atom is 0.288 e. The predicted molar refractivity (Wildman–Crippen MR) is 41.6 cm³/mol. The number of nitrogens with two attached hydrogens (primary N) is 1. The fourth-order valence-electron chi connectivity index (χ4n) is 1.16. The normalized spacial score (nSPS) is 15.0. The second-order valence-corrected chi connectivity index (χ2v) is 2.63. The molecule has 0 spiro atoms. The van der Waals surface area contributed by atoms with E-state index in [4.69, 9.17) is 5.73 Å². The Hall–Kier alpha value is -1.59. The van der Waals surface area contributed by atoms with Crippen LogP contribution in [0.25, 0.3) is 0 Å². The van der Waals surface area contributed by atoms with E-state index in [1.165, 1.54) is 0 Å². The summed E-state index contributed by atoms with van der Waals surface area (Å²) in [6, 6.07) is 0. The zero-order valence-corrected chi connectivity index (χ0v) is 6.45. The average molecular weight is 167 g/mol. The molecule has 0 bridgehead atoms. The van der Waals surface area contributed by atoms with Crippen molar-refractivity contribution in [3.8, 4) is 0 Å². The van der Waals surface area contributed by atoms with E-state index in [0.29, 0.717) is 5.95 Å². The maximum absolute atomic E-state index is 10.7. The quantitative estimate of drug-likeness (QED) is 0.573. The number of aryl methyl sites for hydroxylation is 1. The number of fused-ring (bicyclic) bond motifs is 1. The van der Waals surface area contributed by atoms with Gasteiger partial charge in [0.25, 0.3) is 5.91 Å². The Morgan fingerprint density at radius 2 is 2.50 bits per heavy atom. The largest absolute Gasteiger partial charge is 0.363 e. The maximum atomic E-state index is 10.7. The molecule has 1 aliphatic heterocycles. The van der Waals surface area contributed by atoms with Gasteiger partial charge in [0.15, 0.2) is 0 Å². The second-order valence-electron chi connectivity index (χ2n) is 2.63. The van der Waals surface area contributed by atoms with E-state index in [-0.39, 0.29) is 5.82 Å². The average Bonchev–Trinajstić information content (AvgIpc) is 2.46. The highest BCUT2D eigenvalue weighted by atomic mass is 16.1. The van der Waals surface area contributed by atoms with Crippen molar-refractivity contribution in [2.75, 3.05) is 11.9 Å². The monoisotopic (exact) mass is 167 g/mol. The first-order valence-corrected chi connectivity index (χ1v) is 3.76. The van der Waals surface area contributed by atoms with Crippen LogP contribution in [0.4, 0.5) is 5.95 Å². The topological polar surface area (TPSA) is 85.8 Å². The zero-order chi connectivity index (χ0) is 8.55. The summed E-state index contributed by atoms with van der Waals surface area (Å²) in [5, 5.41) is 6.94. The minimum atomic E-state index is -0.585. The van der Waals surface area contributed by atoms with Gasteiger partial charge in [0, 0.05) is 13.1 Å². The van der Waals surface area contributed by atoms with Crippen LogP contribution in [0.5, 0.6) is 0 Å². The van der Waals surface area contributed by atoms with Crippen LogP contribution in [0, 0.1) is 0 Å². The molecule has 0 atom stereocenters. The van der Waals surface area contributed by atoms with Gasteiger partial charge in [-0.2, -0.15) is 4.98 Å². The molecule has 0 unspecified atom stereocenters. The molecule has 1 amide bonds. The molecule has 1 aliphatic rings. The predicted octanol–water partition coefficient (Wildman–Crippen LogP) is -0.807. The molecule has 1 aromatic heterocycles. The number of hydrogen-bond donors (Lipinski definition) is 2. The van der Waals surface area contributed by atoms with Crippen molar-refractivity contribution >= 4 is 11.9 Å². The lowest BCUT2D eigenvalue weighted by molar-refractivity contribution is 0.0990. The smallest absolute Gasteiger partial charge is 0.288 e. The zero-order valence-electron chi connectivity index (χ0n) is 6.45. The minimum Gasteiger partial charge on any atom is -0.363 e. The number of amides is 1. The fourth-order valence-corrected chi connectivity index (χ4v) is 1.16. The van der Waals surface area contributed by atoms with E-state index in [9.17, 15) is 4.79 Å². The van der Waals surface area contributed by atoms with Crippen molar-refractivity contribution in [1.82, 2.24) is 14.8 Å². The van der Waals surface area contributed by atoms with E-state index in [0.717, 1.165) is 19.5 Å². The molecule has 3 N–H and O–H groups in total. The molecule has 0 saturated heterocycles. The van der Waals surface area contributed by atoms with E-state index >= 15 is 0 Å². The van der Waals surface area contributed by atoms with E-state index in [1.54, 1.807) is 4.68 Å². The first-order chi connectivity index (χ1) is 5.77. The van der Waals surface area contributed by atoms with Crippen LogP contribution in [-0.2, 0) is 6.54 Å². The lowest BCUT2D eigenvalue weighted by Crippen LogP contribution is -2.18. The third-order valence-corrected chi connectivity index (χ3v) is 1.72. The van der Waals surface area contributed by atoms with Crippen molar-refractivity contribution in [2.45, 2.75) is 13.0 Å². The highest BCUT2D eigenvalue weighted by Gasteiger charge is 2.15. The Labute approximate surface area is 68.8 Å². The van der Waals surface area contributed by atoms with E-state index in [1.807, 2.05) is 0 Å². The standard InChI is InChI=1S/C6H9N5O/c7-4(12)5-9-6-8-2-1-3-11(6)10-5/h1-3H2,(H2,7,12)(H,8,9,10). The molecule has 0 radical (unpaired) electrons. The summed E-state index contributed by atoms with van der Waals surface area (Å²) >= 11 is 0. The highest BCUT2D eigenvalue weighted by Crippen LogP contribution is 2.09. The third-order valence-electron chi connectivity index (χ3n) is 1.72. The molecule has 0 saturated carbocycles. The lowest BCUT2D eigenvalue weighted by atomic mass is 10.4. The molecule has 6 heteroatoms. The number of nitrogens with one attached hydrogen (secondary N) is 1. The molecule has 0 aromatic carbocycles. The van der Waals surface area contributed by atoms with Gasteiger partial charge in [-0.1, -0.05) is 0 Å². The Kier molecular flexibility index (Phi) is 1.46. The number of carbonyl (C=O) groups is 1. The van der Waals surface area contributed by atoms with Gasteiger partial charge in [-0.15, -0.1) is 5.10 Å². The summed E-state index contributed by atoms with van der Waals surface area (Å²) in [4.78, 5) is 14.6. The van der Waals surface area contributed by atoms with Crippen LogP contribution in [0.3, 0.4) is 0 Å². The highest BCUT2D eigenvalue weighted by molar-refractivity contribution is 5.89. The van der Waals surface area contributed by atoms with Crippen molar-refractivity contribution in [3.63, 3.8) is 0 Å². The molecule has 0 fully saturated rings. The van der Waals surface area contributed by atoms with Crippen molar-refractivity contribution in [2.24, 2.45) is 5.73 Å². The summed E-state index contributed by atoms with van der Waals surface area (Å²) in [5.41, 5.74) is 5.02. The van der Waals surface area contributed by atoms with Crippen LogP contribution in [-0.4, -0.2) is 27.2 Å². The molecule has 0 aliphatic carbocycles. The van der Waals surface area contributed by atoms with Crippen LogP contribution in [0.15, 0.2) is 0 Å². The van der Waals surface area contributed by atoms with Crippen LogP contribution in [0.1, 0.15) is 17.0 Å². The number of primary amides is 1. The van der Waals surface area contributed by atoms with Crippen molar-refractivity contribution < 1.29 is 4.79 Å². The summed E-state index contributed by atoms with van der Waals surface area (Å²) in [7, 11) is 0. The lowest BCUT2D eigenvalue weighted by Gasteiger charge is -2.12. The molecule has 2 heterocycles. The molecule has 2 rings (SSSR count). The van der Waals surface area contributed by atoms with Crippen molar-refractivity contribution in [1.29, 1.82) is 0 Å². The van der Waals surface area contributed by atoms with Gasteiger partial charge in [-0.3, -0.25) is 4.79 Å². The van der Waals surface area contributed by atoms with Crippen LogP contribution >= 0.6 is 0 Å². The molecule has 12 heavy (non-hydrogen) atoms. The number of rotatable bonds is 1. The molecular formula is C6H9N5O. The number of carbonyl (C=O) groups excluding carboxylic acids is 1. The fraction of sp³-hybridized carbons (Fsp3) is 0.500. The number of hydrogen-bond acceptors (Lipinski definition) is 4. The van der Waals surface area contributed by atoms with Crippen LogP contribution < -0.4 is 11.1 Å². The molecule has 1 aromatic rings. The Balaban J connectivity index is 2.38. The molecule has 6 nitrogen and oxygen atoms in total. The van der Waals surface area contributed by atoms with Gasteiger partial charge in [-0.05, 0) is 6.42 Å². The Morgan fingerprint density at radius 1 is 1.67 bits per heavy atom. The second kappa shape index (κ2) is 2.47. The van der Waals surface area contributed by atoms with Crippen LogP contribution in [0.2, 0.25) is 0 Å². The first kappa shape index (κ1) is 7.08. The summed E-state index contributed by atoms with van der Waals surface area (Å²) in [6.07, 6.45) is 0.995. The van der Waals surface area contributed by atoms with E-state index in [2.05, 4.69) is 15.4 Å². The van der Waals surface area contributed by atoms with Gasteiger partial charge >= 0.3 is 0 Å². The van der Waals surface area contributed by atoms with Gasteiger partial charge in [0.1, 0.15) is 0 Å². The number of anilines is 1. The summed E-state index contributed by atoms with van der Waals surface area (Å²) < 4.78 is 1.66. The van der Waals surface area contributed by atoms with Gasteiger partial charge in [0.2, 0.25) is 11.8 Å².